The number of aromatic amines is 1. The zero-order valence-electron chi connectivity index (χ0n) is 25.1. The molecule has 222 valence electrons. The fourth-order valence-corrected chi connectivity index (χ4v) is 5.77. The molecule has 3 aromatic carbocycles. The molecule has 0 amide bonds. The Hall–Kier alpha value is -5.15. The molecule has 0 radical (unpaired) electrons. The maximum absolute atomic E-state index is 14.0. The maximum atomic E-state index is 14.0. The van der Waals surface area contributed by atoms with Gasteiger partial charge in [0.05, 0.1) is 7.11 Å². The molecule has 0 unspecified atom stereocenters. The van der Waals surface area contributed by atoms with E-state index in [-0.39, 0.29) is 5.56 Å². The summed E-state index contributed by atoms with van der Waals surface area (Å²) < 4.78 is 7.23. The lowest BCUT2D eigenvalue weighted by molar-refractivity contribution is 0.193. The van der Waals surface area contributed by atoms with Crippen LogP contribution in [-0.4, -0.2) is 42.2 Å². The van der Waals surface area contributed by atoms with Gasteiger partial charge in [0.1, 0.15) is 11.8 Å². The minimum Gasteiger partial charge on any atom is -0.497 e. The lowest BCUT2D eigenvalue weighted by Gasteiger charge is -2.31. The van der Waals surface area contributed by atoms with Gasteiger partial charge in [-0.25, -0.2) is 4.68 Å². The third-order valence-electron chi connectivity index (χ3n) is 7.91. The summed E-state index contributed by atoms with van der Waals surface area (Å²) in [7, 11) is 1.66. The molecule has 0 saturated heterocycles. The van der Waals surface area contributed by atoms with Crippen LogP contribution in [0.3, 0.4) is 0 Å². The molecule has 0 spiro atoms. The second-order valence-corrected chi connectivity index (χ2v) is 11.1. The van der Waals surface area contributed by atoms with E-state index in [1.54, 1.807) is 13.3 Å². The molecule has 6 rings (SSSR count). The van der Waals surface area contributed by atoms with Crippen LogP contribution in [0.1, 0.15) is 45.2 Å². The number of benzene rings is 3. The van der Waals surface area contributed by atoms with Crippen LogP contribution in [0, 0.1) is 13.8 Å². The highest BCUT2D eigenvalue weighted by Crippen LogP contribution is 2.31. The first-order valence-electron chi connectivity index (χ1n) is 14.7. The number of hydrogen-bond donors (Lipinski definition) is 1. The first-order valence-corrected chi connectivity index (χ1v) is 14.7. The van der Waals surface area contributed by atoms with Crippen LogP contribution in [0.5, 0.6) is 5.75 Å². The second-order valence-electron chi connectivity index (χ2n) is 11.1. The standard InChI is InChI=1S/C35H35N7O2/c1-24-18-25(2)30-20-31(35(43)37-32(30)19-24)33(34-38-39-40-42(34)17-15-26-8-5-4-6-9-26)41(23-28-10-7-16-36-21-28)22-27-11-13-29(44-3)14-12-27/h4-14,16,18-21,33H,15,17,22-23H2,1-3H3,(H,37,43)/t33-/m1/s1. The van der Waals surface area contributed by atoms with Crippen LogP contribution in [0.15, 0.2) is 102 Å². The molecule has 0 fully saturated rings. The van der Waals surface area contributed by atoms with Gasteiger partial charge in [0, 0.05) is 48.5 Å². The molecule has 1 N–H and O–H groups in total. The highest BCUT2D eigenvalue weighted by Gasteiger charge is 2.31. The van der Waals surface area contributed by atoms with Crippen LogP contribution in [0.4, 0.5) is 0 Å². The summed E-state index contributed by atoms with van der Waals surface area (Å²) in [5, 5.41) is 14.1. The molecule has 0 bridgehead atoms. The first kappa shape index (κ1) is 28.9. The van der Waals surface area contributed by atoms with Gasteiger partial charge in [-0.15, -0.1) is 5.10 Å². The average Bonchev–Trinajstić information content (AvgIpc) is 3.50. The molecule has 0 saturated carbocycles. The summed E-state index contributed by atoms with van der Waals surface area (Å²) in [5.41, 5.74) is 6.67. The van der Waals surface area contributed by atoms with Crippen LogP contribution in [0.25, 0.3) is 10.9 Å². The van der Waals surface area contributed by atoms with Crippen molar-refractivity contribution < 1.29 is 4.74 Å². The van der Waals surface area contributed by atoms with E-state index >= 15 is 0 Å². The Labute approximate surface area is 256 Å². The third-order valence-corrected chi connectivity index (χ3v) is 7.91. The summed E-state index contributed by atoms with van der Waals surface area (Å²) in [5.74, 6) is 1.39. The van der Waals surface area contributed by atoms with E-state index in [2.05, 4.69) is 55.5 Å². The van der Waals surface area contributed by atoms with Gasteiger partial charge in [-0.05, 0) is 88.8 Å². The number of methoxy groups -OCH3 is 1. The largest absolute Gasteiger partial charge is 0.497 e. The van der Waals surface area contributed by atoms with E-state index in [1.807, 2.05) is 84.5 Å². The number of pyridine rings is 2. The molecule has 1 atom stereocenters. The fourth-order valence-electron chi connectivity index (χ4n) is 5.77. The molecular formula is C35H35N7O2. The highest BCUT2D eigenvalue weighted by molar-refractivity contribution is 5.83. The number of nitrogens with zero attached hydrogens (tertiary/aromatic N) is 6. The van der Waals surface area contributed by atoms with E-state index < -0.39 is 6.04 Å². The Morgan fingerprint density at radius 1 is 0.909 bits per heavy atom. The second kappa shape index (κ2) is 13.0. The predicted octanol–water partition coefficient (Wildman–Crippen LogP) is 5.57. The summed E-state index contributed by atoms with van der Waals surface area (Å²) >= 11 is 0. The van der Waals surface area contributed by atoms with Gasteiger partial charge < -0.3 is 9.72 Å². The van der Waals surface area contributed by atoms with Crippen molar-refractivity contribution in [2.75, 3.05) is 7.11 Å². The van der Waals surface area contributed by atoms with Gasteiger partial charge in [0.2, 0.25) is 0 Å². The van der Waals surface area contributed by atoms with E-state index in [1.165, 1.54) is 5.56 Å². The number of aryl methyl sites for hydroxylation is 4. The molecule has 0 aliphatic heterocycles. The summed E-state index contributed by atoms with van der Waals surface area (Å²) in [4.78, 5) is 23.8. The SMILES string of the molecule is COc1ccc(CN(Cc2cccnc2)[C@H](c2cc3c(C)cc(C)cc3[nH]c2=O)c2nnnn2CCc2ccccc2)cc1. The molecule has 9 nitrogen and oxygen atoms in total. The van der Waals surface area contributed by atoms with Crippen molar-refractivity contribution in [3.8, 4) is 5.75 Å². The number of ether oxygens (including phenoxy) is 1. The maximum Gasteiger partial charge on any atom is 0.253 e. The Bertz CT molecular complexity index is 1900. The number of rotatable bonds is 11. The quantitative estimate of drug-likeness (QED) is 0.212. The molecule has 3 aromatic heterocycles. The number of nitrogens with one attached hydrogen (secondary N) is 1. The summed E-state index contributed by atoms with van der Waals surface area (Å²) in [6.45, 7) is 5.71. The minimum absolute atomic E-state index is 0.170. The van der Waals surface area contributed by atoms with Crippen LogP contribution in [0.2, 0.25) is 0 Å². The minimum atomic E-state index is -0.558. The number of aromatic nitrogens is 6. The van der Waals surface area contributed by atoms with Crippen molar-refractivity contribution in [2.24, 2.45) is 0 Å². The molecular weight excluding hydrogens is 550 g/mol. The van der Waals surface area contributed by atoms with E-state index in [4.69, 9.17) is 4.74 Å². The van der Waals surface area contributed by atoms with Gasteiger partial charge in [0.15, 0.2) is 5.82 Å². The lowest BCUT2D eigenvalue weighted by atomic mass is 9.99. The van der Waals surface area contributed by atoms with Crippen molar-refractivity contribution in [1.82, 2.24) is 35.1 Å². The van der Waals surface area contributed by atoms with E-state index in [0.717, 1.165) is 45.3 Å². The fraction of sp³-hybridized carbons (Fsp3) is 0.229. The van der Waals surface area contributed by atoms with E-state index in [0.29, 0.717) is 31.0 Å². The molecule has 3 heterocycles. The number of hydrogen-bond acceptors (Lipinski definition) is 7. The number of fused-ring (bicyclic) bond motifs is 1. The first-order chi connectivity index (χ1) is 21.5. The van der Waals surface area contributed by atoms with Crippen LogP contribution < -0.4 is 10.3 Å². The number of H-pyrrole nitrogens is 1. The lowest BCUT2D eigenvalue weighted by Crippen LogP contribution is -2.35. The van der Waals surface area contributed by atoms with Crippen LogP contribution >= 0.6 is 0 Å². The van der Waals surface area contributed by atoms with Crippen molar-refractivity contribution in [3.63, 3.8) is 0 Å². The van der Waals surface area contributed by atoms with Gasteiger partial charge in [-0.2, -0.15) is 0 Å². The Morgan fingerprint density at radius 2 is 1.68 bits per heavy atom. The topological polar surface area (TPSA) is 102 Å². The summed E-state index contributed by atoms with van der Waals surface area (Å²) in [6.07, 6.45) is 4.37. The molecule has 44 heavy (non-hydrogen) atoms. The normalized spacial score (nSPS) is 12.1. The number of tetrazole rings is 1. The third kappa shape index (κ3) is 6.43. The summed E-state index contributed by atoms with van der Waals surface area (Å²) in [6, 6.07) is 27.8. The van der Waals surface area contributed by atoms with Crippen LogP contribution in [-0.2, 0) is 26.1 Å². The predicted molar refractivity (Wildman–Crippen MR) is 170 cm³/mol. The highest BCUT2D eigenvalue weighted by atomic mass is 16.5. The molecule has 9 heteroatoms. The van der Waals surface area contributed by atoms with Gasteiger partial charge in [0.25, 0.3) is 5.56 Å². The Balaban J connectivity index is 1.50. The molecule has 0 aliphatic rings. The van der Waals surface area contributed by atoms with Crippen molar-refractivity contribution >= 4 is 10.9 Å². The van der Waals surface area contributed by atoms with Crippen molar-refractivity contribution in [3.05, 3.63) is 147 Å². The van der Waals surface area contributed by atoms with Gasteiger partial charge in [-0.3, -0.25) is 14.7 Å². The van der Waals surface area contributed by atoms with Gasteiger partial charge in [-0.1, -0.05) is 54.6 Å². The smallest absolute Gasteiger partial charge is 0.253 e. The average molecular weight is 586 g/mol. The zero-order valence-corrected chi connectivity index (χ0v) is 25.1. The molecule has 6 aromatic rings. The van der Waals surface area contributed by atoms with Gasteiger partial charge >= 0.3 is 0 Å². The van der Waals surface area contributed by atoms with Crippen molar-refractivity contribution in [2.45, 2.75) is 45.9 Å². The molecule has 0 aliphatic carbocycles. The van der Waals surface area contributed by atoms with Crippen molar-refractivity contribution in [1.29, 1.82) is 0 Å². The monoisotopic (exact) mass is 585 g/mol. The Morgan fingerprint density at radius 3 is 2.43 bits per heavy atom. The zero-order chi connectivity index (χ0) is 30.5. The Kier molecular flexibility index (Phi) is 8.56. The van der Waals surface area contributed by atoms with E-state index in [9.17, 15) is 4.79 Å².